The molecule has 4 nitrogen and oxygen atoms in total. The maximum absolute atomic E-state index is 5.74. The molecule has 1 heterocycles. The van der Waals surface area contributed by atoms with Crippen molar-refractivity contribution in [3.05, 3.63) is 64.7 Å². The second kappa shape index (κ2) is 12.0. The molecule has 0 spiro atoms. The zero-order chi connectivity index (χ0) is 20.3. The molecule has 4 heteroatoms. The lowest BCUT2D eigenvalue weighted by atomic mass is 10.1. The summed E-state index contributed by atoms with van der Waals surface area (Å²) in [6.45, 7) is 11.2. The lowest BCUT2D eigenvalue weighted by Gasteiger charge is -2.26. The predicted molar refractivity (Wildman–Crippen MR) is 120 cm³/mol. The quantitative estimate of drug-likeness (QED) is 0.533. The predicted octanol–water partition coefficient (Wildman–Crippen LogP) is 5.15. The second-order valence-corrected chi connectivity index (χ2v) is 7.85. The summed E-state index contributed by atoms with van der Waals surface area (Å²) in [6, 6.07) is 15.4. The number of rotatable bonds is 11. The highest BCUT2D eigenvalue weighted by Crippen LogP contribution is 2.21. The van der Waals surface area contributed by atoms with Gasteiger partial charge in [-0.15, -0.1) is 0 Å². The van der Waals surface area contributed by atoms with E-state index in [2.05, 4.69) is 59.6 Å². The molecule has 1 saturated heterocycles. The molecule has 0 radical (unpaired) electrons. The molecule has 3 rings (SSSR count). The van der Waals surface area contributed by atoms with E-state index in [4.69, 9.17) is 9.47 Å². The fourth-order valence-corrected chi connectivity index (χ4v) is 3.81. The van der Waals surface area contributed by atoms with Gasteiger partial charge in [0.15, 0.2) is 0 Å². The number of hydrogen-bond donors (Lipinski definition) is 1. The smallest absolute Gasteiger partial charge is 0.0721 e. The van der Waals surface area contributed by atoms with Crippen molar-refractivity contribution in [3.63, 3.8) is 0 Å². The first-order valence-corrected chi connectivity index (χ1v) is 11.0. The largest absolute Gasteiger partial charge is 0.381 e. The van der Waals surface area contributed by atoms with Crippen LogP contribution in [0.15, 0.2) is 42.5 Å². The van der Waals surface area contributed by atoms with E-state index in [0.717, 1.165) is 19.7 Å². The van der Waals surface area contributed by atoms with Gasteiger partial charge in [0.2, 0.25) is 0 Å². The summed E-state index contributed by atoms with van der Waals surface area (Å²) < 4.78 is 11.1. The molecule has 1 fully saturated rings. The van der Waals surface area contributed by atoms with Crippen molar-refractivity contribution in [1.82, 2.24) is 4.90 Å². The van der Waals surface area contributed by atoms with E-state index in [1.165, 1.54) is 60.3 Å². The van der Waals surface area contributed by atoms with Crippen LogP contribution in [0.1, 0.15) is 48.4 Å². The Morgan fingerprint density at radius 1 is 0.897 bits per heavy atom. The van der Waals surface area contributed by atoms with E-state index < -0.39 is 0 Å². The monoisotopic (exact) mass is 396 g/mol. The zero-order valence-electron chi connectivity index (χ0n) is 18.1. The van der Waals surface area contributed by atoms with Gasteiger partial charge in [-0.2, -0.15) is 0 Å². The van der Waals surface area contributed by atoms with Crippen LogP contribution in [0.2, 0.25) is 0 Å². The van der Waals surface area contributed by atoms with Crippen LogP contribution in [0, 0.1) is 6.92 Å². The van der Waals surface area contributed by atoms with Gasteiger partial charge in [-0.1, -0.05) is 42.8 Å². The molecule has 0 unspecified atom stereocenters. The molecule has 0 aliphatic carbocycles. The number of likely N-dealkylation sites (tertiary alicyclic amines) is 1. The standard InChI is InChI=1S/C25H36N2O2/c1-3-28-16-17-29-20-24-8-7-9-25(21(24)2)26-18-22-10-12-23(13-11-22)19-27-14-5-4-6-15-27/h7-13,26H,3-6,14-20H2,1-2H3. The van der Waals surface area contributed by atoms with Crippen molar-refractivity contribution in [2.24, 2.45) is 0 Å². The molecule has 29 heavy (non-hydrogen) atoms. The Kier molecular flexibility index (Phi) is 9.00. The van der Waals surface area contributed by atoms with E-state index in [0.29, 0.717) is 19.8 Å². The molecule has 1 N–H and O–H groups in total. The molecule has 2 aromatic rings. The number of benzene rings is 2. The van der Waals surface area contributed by atoms with Gasteiger partial charge >= 0.3 is 0 Å². The van der Waals surface area contributed by atoms with Gasteiger partial charge in [0.25, 0.3) is 0 Å². The summed E-state index contributed by atoms with van der Waals surface area (Å²) in [5.74, 6) is 0. The Labute approximate surface area is 176 Å². The lowest BCUT2D eigenvalue weighted by molar-refractivity contribution is 0.0451. The highest BCUT2D eigenvalue weighted by atomic mass is 16.5. The first-order valence-electron chi connectivity index (χ1n) is 11.0. The van der Waals surface area contributed by atoms with Gasteiger partial charge < -0.3 is 14.8 Å². The minimum Gasteiger partial charge on any atom is -0.381 e. The third kappa shape index (κ3) is 7.14. The molecular formula is C25H36N2O2. The molecule has 0 amide bonds. The normalized spacial score (nSPS) is 14.8. The van der Waals surface area contributed by atoms with Crippen molar-refractivity contribution in [3.8, 4) is 0 Å². The third-order valence-corrected chi connectivity index (χ3v) is 5.64. The SMILES string of the molecule is CCOCCOCc1cccc(NCc2ccc(CN3CCCCC3)cc2)c1C. The van der Waals surface area contributed by atoms with Crippen LogP contribution in [-0.4, -0.2) is 37.8 Å². The summed E-state index contributed by atoms with van der Waals surface area (Å²) in [6.07, 6.45) is 4.08. The highest BCUT2D eigenvalue weighted by molar-refractivity contribution is 5.54. The number of hydrogen-bond acceptors (Lipinski definition) is 4. The molecule has 0 bridgehead atoms. The Hall–Kier alpha value is -1.88. The molecule has 0 saturated carbocycles. The lowest BCUT2D eigenvalue weighted by Crippen LogP contribution is -2.29. The first kappa shape index (κ1) is 21.8. The fourth-order valence-electron chi connectivity index (χ4n) is 3.81. The molecule has 1 aliphatic heterocycles. The topological polar surface area (TPSA) is 33.7 Å². The molecule has 0 aromatic heterocycles. The van der Waals surface area contributed by atoms with Crippen LogP contribution >= 0.6 is 0 Å². The van der Waals surface area contributed by atoms with Crippen molar-refractivity contribution >= 4 is 5.69 Å². The van der Waals surface area contributed by atoms with E-state index in [9.17, 15) is 0 Å². The van der Waals surface area contributed by atoms with Crippen LogP contribution in [0.3, 0.4) is 0 Å². The second-order valence-electron chi connectivity index (χ2n) is 7.85. The molecule has 0 atom stereocenters. The van der Waals surface area contributed by atoms with Crippen molar-refractivity contribution in [1.29, 1.82) is 0 Å². The van der Waals surface area contributed by atoms with E-state index in [-0.39, 0.29) is 0 Å². The van der Waals surface area contributed by atoms with E-state index >= 15 is 0 Å². The maximum atomic E-state index is 5.74. The van der Waals surface area contributed by atoms with E-state index in [1.54, 1.807) is 0 Å². The molecular weight excluding hydrogens is 360 g/mol. The molecule has 2 aromatic carbocycles. The molecule has 158 valence electrons. The minimum absolute atomic E-state index is 0.625. The number of nitrogens with zero attached hydrogens (tertiary/aromatic N) is 1. The fraction of sp³-hybridized carbons (Fsp3) is 0.520. The van der Waals surface area contributed by atoms with Crippen molar-refractivity contribution in [2.45, 2.75) is 52.8 Å². The Bertz CT molecular complexity index is 724. The van der Waals surface area contributed by atoms with Crippen molar-refractivity contribution < 1.29 is 9.47 Å². The number of nitrogens with one attached hydrogen (secondary N) is 1. The maximum Gasteiger partial charge on any atom is 0.0721 e. The van der Waals surface area contributed by atoms with Gasteiger partial charge in [-0.25, -0.2) is 0 Å². The minimum atomic E-state index is 0.625. The number of piperidine rings is 1. The van der Waals surface area contributed by atoms with Crippen LogP contribution in [-0.2, 0) is 29.2 Å². The van der Waals surface area contributed by atoms with Gasteiger partial charge in [-0.05, 0) is 68.1 Å². The summed E-state index contributed by atoms with van der Waals surface area (Å²) in [4.78, 5) is 2.57. The van der Waals surface area contributed by atoms with Crippen molar-refractivity contribution in [2.75, 3.05) is 38.2 Å². The summed E-state index contributed by atoms with van der Waals surface area (Å²) in [5, 5.41) is 3.59. The van der Waals surface area contributed by atoms with Crippen LogP contribution in [0.25, 0.3) is 0 Å². The highest BCUT2D eigenvalue weighted by Gasteiger charge is 2.10. The summed E-state index contributed by atoms with van der Waals surface area (Å²) in [7, 11) is 0. The summed E-state index contributed by atoms with van der Waals surface area (Å²) in [5.41, 5.74) is 6.38. The third-order valence-electron chi connectivity index (χ3n) is 5.64. The average molecular weight is 397 g/mol. The van der Waals surface area contributed by atoms with Crippen LogP contribution in [0.5, 0.6) is 0 Å². The zero-order valence-corrected chi connectivity index (χ0v) is 18.1. The van der Waals surface area contributed by atoms with Crippen LogP contribution < -0.4 is 5.32 Å². The number of anilines is 1. The Morgan fingerprint density at radius 3 is 2.38 bits per heavy atom. The number of ether oxygens (including phenoxy) is 2. The Balaban J connectivity index is 1.48. The molecule has 1 aliphatic rings. The Morgan fingerprint density at radius 2 is 1.62 bits per heavy atom. The van der Waals surface area contributed by atoms with Gasteiger partial charge in [0, 0.05) is 25.4 Å². The van der Waals surface area contributed by atoms with E-state index in [1.807, 2.05) is 6.92 Å². The van der Waals surface area contributed by atoms with Gasteiger partial charge in [-0.3, -0.25) is 4.90 Å². The average Bonchev–Trinajstić information content (AvgIpc) is 2.75. The van der Waals surface area contributed by atoms with Crippen LogP contribution in [0.4, 0.5) is 5.69 Å². The first-order chi connectivity index (χ1) is 14.3. The van der Waals surface area contributed by atoms with Gasteiger partial charge in [0.1, 0.15) is 0 Å². The van der Waals surface area contributed by atoms with Gasteiger partial charge in [0.05, 0.1) is 19.8 Å². The summed E-state index contributed by atoms with van der Waals surface area (Å²) >= 11 is 0.